The van der Waals surface area contributed by atoms with Crippen LogP contribution >= 0.6 is 11.6 Å². The molecule has 8 nitrogen and oxygen atoms in total. The van der Waals surface area contributed by atoms with Crippen molar-refractivity contribution >= 4 is 29.5 Å². The number of fused-ring (bicyclic) bond motifs is 1. The third-order valence-corrected chi connectivity index (χ3v) is 3.95. The molecule has 3 heterocycles. The largest absolute Gasteiger partial charge is 0.516 e. The van der Waals surface area contributed by atoms with Crippen LogP contribution in [0.2, 0.25) is 5.02 Å². The molecule has 134 valence electrons. The number of pyridine rings is 1. The van der Waals surface area contributed by atoms with Gasteiger partial charge in [0.25, 0.3) is 5.91 Å². The van der Waals surface area contributed by atoms with Gasteiger partial charge in [-0.25, -0.2) is 19.7 Å². The predicted octanol–water partition coefficient (Wildman–Crippen LogP) is 3.40. The Morgan fingerprint density at radius 3 is 2.56 bits per heavy atom. The number of carbonyl (C=O) groups excluding carboxylic acids is 2. The maximum atomic E-state index is 12.8. The maximum Gasteiger partial charge on any atom is 0.516 e. The van der Waals surface area contributed by atoms with Gasteiger partial charge in [-0.15, -0.1) is 0 Å². The molecule has 0 saturated carbocycles. The van der Waals surface area contributed by atoms with Crippen molar-refractivity contribution in [1.29, 1.82) is 0 Å². The van der Waals surface area contributed by atoms with Crippen LogP contribution in [0.1, 0.15) is 22.4 Å². The monoisotopic (exact) mass is 382 g/mol. The van der Waals surface area contributed by atoms with Crippen molar-refractivity contribution in [3.05, 3.63) is 77.5 Å². The lowest BCUT2D eigenvalue weighted by molar-refractivity contribution is 0.0555. The van der Waals surface area contributed by atoms with Crippen LogP contribution in [0, 0.1) is 0 Å². The first-order valence-corrected chi connectivity index (χ1v) is 8.21. The molecule has 1 atom stereocenters. The molecule has 0 spiro atoms. The molecule has 1 aliphatic heterocycles. The van der Waals surface area contributed by atoms with Gasteiger partial charge in [0, 0.05) is 18.6 Å². The molecule has 1 aromatic carbocycles. The summed E-state index contributed by atoms with van der Waals surface area (Å²) in [5.74, 6) is 0.0505. The Hall–Kier alpha value is -3.52. The van der Waals surface area contributed by atoms with E-state index in [0.29, 0.717) is 10.8 Å². The van der Waals surface area contributed by atoms with Gasteiger partial charge in [0.15, 0.2) is 5.69 Å². The molecule has 27 heavy (non-hydrogen) atoms. The maximum absolute atomic E-state index is 12.8. The summed E-state index contributed by atoms with van der Waals surface area (Å²) in [5, 5.41) is 0.403. The molecular weight excluding hydrogens is 372 g/mol. The van der Waals surface area contributed by atoms with Crippen molar-refractivity contribution < 1.29 is 19.1 Å². The Bertz CT molecular complexity index is 998. The van der Waals surface area contributed by atoms with Gasteiger partial charge >= 0.3 is 6.16 Å². The van der Waals surface area contributed by atoms with Gasteiger partial charge in [0.05, 0.1) is 5.02 Å². The Labute approximate surface area is 158 Å². The summed E-state index contributed by atoms with van der Waals surface area (Å²) in [5.41, 5.74) is 0.274. The molecule has 1 unspecified atom stereocenters. The van der Waals surface area contributed by atoms with Crippen molar-refractivity contribution in [2.24, 2.45) is 0 Å². The Kier molecular flexibility index (Phi) is 4.39. The zero-order chi connectivity index (χ0) is 18.8. The number of amides is 1. The third-order valence-electron chi connectivity index (χ3n) is 3.73. The summed E-state index contributed by atoms with van der Waals surface area (Å²) in [4.78, 5) is 38.5. The zero-order valence-electron chi connectivity index (χ0n) is 13.7. The molecule has 0 aliphatic carbocycles. The van der Waals surface area contributed by atoms with E-state index in [1.807, 2.05) is 0 Å². The van der Waals surface area contributed by atoms with E-state index in [9.17, 15) is 9.59 Å². The number of ether oxygens (including phenoxy) is 2. The summed E-state index contributed by atoms with van der Waals surface area (Å²) in [6, 6.07) is 11.5. The van der Waals surface area contributed by atoms with Crippen LogP contribution in [0.15, 0.2) is 61.1 Å². The minimum atomic E-state index is -1.16. The lowest BCUT2D eigenvalue weighted by Gasteiger charge is -2.22. The van der Waals surface area contributed by atoms with Crippen LogP contribution in [0.25, 0.3) is 0 Å². The van der Waals surface area contributed by atoms with Gasteiger partial charge in [0.2, 0.25) is 6.23 Å². The number of rotatable bonds is 3. The van der Waals surface area contributed by atoms with E-state index in [4.69, 9.17) is 21.1 Å². The lowest BCUT2D eigenvalue weighted by Crippen LogP contribution is -2.32. The number of nitrogens with zero attached hydrogens (tertiary/aromatic N) is 4. The minimum absolute atomic E-state index is 0.0757. The van der Waals surface area contributed by atoms with E-state index in [1.54, 1.807) is 36.4 Å². The van der Waals surface area contributed by atoms with Gasteiger partial charge in [-0.2, -0.15) is 0 Å². The number of para-hydroxylation sites is 1. The molecule has 1 amide bonds. The first-order valence-electron chi connectivity index (χ1n) is 7.83. The summed E-state index contributed by atoms with van der Waals surface area (Å²) in [7, 11) is 0. The fraction of sp³-hybridized carbons (Fsp3) is 0.0556. The second kappa shape index (κ2) is 7.00. The normalized spacial score (nSPS) is 15.4. The quantitative estimate of drug-likeness (QED) is 0.506. The van der Waals surface area contributed by atoms with E-state index in [-0.39, 0.29) is 17.2 Å². The Morgan fingerprint density at radius 1 is 1.04 bits per heavy atom. The van der Waals surface area contributed by atoms with Gasteiger partial charge in [-0.3, -0.25) is 9.78 Å². The molecule has 0 bridgehead atoms. The van der Waals surface area contributed by atoms with Crippen LogP contribution in [0.4, 0.5) is 10.6 Å². The first-order chi connectivity index (χ1) is 13.1. The molecule has 0 N–H and O–H groups in total. The highest BCUT2D eigenvalue weighted by molar-refractivity contribution is 6.30. The van der Waals surface area contributed by atoms with E-state index in [1.165, 1.54) is 29.6 Å². The molecule has 0 saturated heterocycles. The van der Waals surface area contributed by atoms with Gasteiger partial charge in [-0.1, -0.05) is 29.8 Å². The van der Waals surface area contributed by atoms with Crippen molar-refractivity contribution in [1.82, 2.24) is 15.0 Å². The molecule has 1 aliphatic rings. The zero-order valence-corrected chi connectivity index (χ0v) is 14.4. The van der Waals surface area contributed by atoms with Crippen LogP contribution in [0.5, 0.6) is 5.75 Å². The number of benzene rings is 1. The molecule has 3 aromatic rings. The average molecular weight is 383 g/mol. The smallest absolute Gasteiger partial charge is 0.403 e. The molecule has 0 fully saturated rings. The van der Waals surface area contributed by atoms with Crippen molar-refractivity contribution in [3.63, 3.8) is 0 Å². The molecule has 9 heteroatoms. The average Bonchev–Trinajstić information content (AvgIpc) is 2.96. The molecule has 0 radical (unpaired) electrons. The van der Waals surface area contributed by atoms with Crippen molar-refractivity contribution in [2.75, 3.05) is 4.90 Å². The highest BCUT2D eigenvalue weighted by Crippen LogP contribution is 2.35. The van der Waals surface area contributed by atoms with Crippen LogP contribution < -0.4 is 9.64 Å². The SMILES string of the molecule is O=C(Oc1ccccc1)OC1c2nccnc2C(=O)N1c1ccc(Cl)cn1. The van der Waals surface area contributed by atoms with E-state index < -0.39 is 18.3 Å². The van der Waals surface area contributed by atoms with Gasteiger partial charge in [-0.05, 0) is 24.3 Å². The number of halogens is 1. The molecule has 2 aromatic heterocycles. The highest BCUT2D eigenvalue weighted by Gasteiger charge is 2.44. The second-order valence-electron chi connectivity index (χ2n) is 5.44. The summed E-state index contributed by atoms with van der Waals surface area (Å²) in [6.07, 6.45) is 2.02. The fourth-order valence-corrected chi connectivity index (χ4v) is 2.69. The second-order valence-corrected chi connectivity index (χ2v) is 5.87. The van der Waals surface area contributed by atoms with Crippen molar-refractivity contribution in [3.8, 4) is 5.75 Å². The third kappa shape index (κ3) is 3.30. The molecule has 4 rings (SSSR count). The standard InChI is InChI=1S/C18H11ClN4O4/c19-11-6-7-13(22-10-11)23-16(24)14-15(21-9-8-20-14)17(23)27-18(25)26-12-4-2-1-3-5-12/h1-10,17H. The first kappa shape index (κ1) is 16.9. The van der Waals surface area contributed by atoms with E-state index in [0.717, 1.165) is 0 Å². The van der Waals surface area contributed by atoms with Gasteiger partial charge in [0.1, 0.15) is 17.3 Å². The lowest BCUT2D eigenvalue weighted by atomic mass is 10.3. The fourth-order valence-electron chi connectivity index (χ4n) is 2.58. The van der Waals surface area contributed by atoms with Crippen LogP contribution in [0.3, 0.4) is 0 Å². The topological polar surface area (TPSA) is 94.5 Å². The summed E-state index contributed by atoms with van der Waals surface area (Å²) in [6.45, 7) is 0. The number of aromatic nitrogens is 3. The minimum Gasteiger partial charge on any atom is -0.403 e. The highest BCUT2D eigenvalue weighted by atomic mass is 35.5. The summed E-state index contributed by atoms with van der Waals surface area (Å²) < 4.78 is 10.5. The Morgan fingerprint density at radius 2 is 1.81 bits per heavy atom. The van der Waals surface area contributed by atoms with Gasteiger partial charge < -0.3 is 9.47 Å². The molecular formula is C18H11ClN4O4. The Balaban J connectivity index is 1.65. The van der Waals surface area contributed by atoms with Crippen molar-refractivity contribution in [2.45, 2.75) is 6.23 Å². The number of carbonyl (C=O) groups is 2. The number of anilines is 1. The number of hydrogen-bond donors (Lipinski definition) is 0. The summed E-state index contributed by atoms with van der Waals surface area (Å²) >= 11 is 5.86. The van der Waals surface area contributed by atoms with E-state index in [2.05, 4.69) is 15.0 Å². The van der Waals surface area contributed by atoms with E-state index >= 15 is 0 Å². The van der Waals surface area contributed by atoms with Crippen LogP contribution in [-0.4, -0.2) is 27.0 Å². The predicted molar refractivity (Wildman–Crippen MR) is 94.4 cm³/mol. The number of hydrogen-bond acceptors (Lipinski definition) is 7. The van der Waals surface area contributed by atoms with Crippen LogP contribution in [-0.2, 0) is 4.74 Å².